The van der Waals surface area contributed by atoms with Crippen LogP contribution >= 0.6 is 0 Å². The van der Waals surface area contributed by atoms with E-state index in [-0.39, 0.29) is 85.4 Å². The molecule has 654 valence electrons. The van der Waals surface area contributed by atoms with Crippen molar-refractivity contribution in [3.63, 3.8) is 0 Å². The van der Waals surface area contributed by atoms with E-state index in [1.54, 1.807) is 133 Å². The Morgan fingerprint density at radius 1 is 0.403 bits per heavy atom. The minimum absolute atomic E-state index is 0.00378. The van der Waals surface area contributed by atoms with Gasteiger partial charge in [0.25, 0.3) is 0 Å². The molecule has 3 aliphatic heterocycles. The van der Waals surface area contributed by atoms with Gasteiger partial charge in [0, 0.05) is 13.8 Å². The highest BCUT2D eigenvalue weighted by atomic mass is 16.8. The largest absolute Gasteiger partial charge is 0.460 e. The summed E-state index contributed by atoms with van der Waals surface area (Å²) in [6, 6.07) is 57.5. The lowest BCUT2D eigenvalue weighted by atomic mass is 9.33. The number of carbonyl (C=O) groups is 9. The van der Waals surface area contributed by atoms with Crippen LogP contribution in [0, 0.1) is 50.2 Å². The van der Waals surface area contributed by atoms with Crippen LogP contribution in [0.5, 0.6) is 0 Å². The van der Waals surface area contributed by atoms with E-state index in [1.807, 2.05) is 30.3 Å². The van der Waals surface area contributed by atoms with E-state index in [1.165, 1.54) is 61.0 Å². The lowest BCUT2D eigenvalue weighted by Crippen LogP contribution is -2.68. The Bertz CT molecular complexity index is 4990. The normalized spacial score (nSPS) is 32.6. The number of benzene rings is 7. The van der Waals surface area contributed by atoms with Gasteiger partial charge in [-0.2, -0.15) is 0 Å². The maximum absolute atomic E-state index is 15.1. The van der Waals surface area contributed by atoms with Crippen LogP contribution in [-0.4, -0.2) is 159 Å². The van der Waals surface area contributed by atoms with Gasteiger partial charge in [0.15, 0.2) is 67.7 Å². The Labute approximate surface area is 722 Å². The van der Waals surface area contributed by atoms with Crippen molar-refractivity contribution >= 4 is 53.7 Å². The summed E-state index contributed by atoms with van der Waals surface area (Å²) in [6.07, 6.45) is -15.0. The van der Waals surface area contributed by atoms with Crippen molar-refractivity contribution < 1.29 is 114 Å². The van der Waals surface area contributed by atoms with Crippen molar-refractivity contribution in [1.82, 2.24) is 0 Å². The predicted molar refractivity (Wildman–Crippen MR) is 449 cm³/mol. The number of fused-ring (bicyclic) bond motifs is 7. The molecule has 124 heavy (non-hydrogen) atoms. The summed E-state index contributed by atoms with van der Waals surface area (Å²) in [5.74, 6) is -7.27. The number of rotatable bonds is 24. The molecule has 0 unspecified atom stereocenters. The van der Waals surface area contributed by atoms with Gasteiger partial charge in [-0.15, -0.1) is 0 Å². The molecule has 24 heteroatoms. The summed E-state index contributed by atoms with van der Waals surface area (Å²) < 4.78 is 100. The van der Waals surface area contributed by atoms with Gasteiger partial charge in [0.2, 0.25) is 0 Å². The number of allylic oxidation sites excluding steroid dienone is 2. The highest BCUT2D eigenvalue weighted by molar-refractivity contribution is 5.93. The first kappa shape index (κ1) is 88.1. The van der Waals surface area contributed by atoms with E-state index < -0.39 is 164 Å². The SMILES string of the molecule is CC(=O)O[C@@H]1[C@@H](O[C@@H]2O[C@H](COC(=O)c3ccccc3)[C@@H](OC(=O)c3ccccc3)[C@H](OC(=O)c3ccccc3)[C@H]2OC(=O)c2ccccc2)[C@@H](OC(C)=O)[C@H](O[C@H]2[C@H](O[C@H]3CC[C@]4(C)[C@H]5CC=C6[C@@H]7CC(C)(C)CC[C@]7(C(=O)OCc7ccccc7)CC[C@@]6(C)[C@]5(C)CC[C@H]4C3(C)C)OC[C@@H](OC(=O)c3ccccc3)[C@@H]2OC(=O)c2ccccc2)O[C@H]1C. The zero-order chi connectivity index (χ0) is 87.5. The van der Waals surface area contributed by atoms with Gasteiger partial charge >= 0.3 is 53.7 Å². The Hall–Kier alpha value is -10.7. The third-order valence-corrected chi connectivity index (χ3v) is 28.0. The van der Waals surface area contributed by atoms with Crippen LogP contribution in [0.25, 0.3) is 0 Å². The van der Waals surface area contributed by atoms with Gasteiger partial charge in [-0.3, -0.25) is 14.4 Å². The molecule has 8 aliphatic rings. The van der Waals surface area contributed by atoms with E-state index in [0.29, 0.717) is 6.42 Å². The van der Waals surface area contributed by atoms with E-state index in [9.17, 15) is 38.4 Å². The molecule has 3 saturated heterocycles. The topological polar surface area (TPSA) is 292 Å². The second-order valence-corrected chi connectivity index (χ2v) is 36.4. The first-order valence-electron chi connectivity index (χ1n) is 43.1. The Balaban J connectivity index is 0.801. The lowest BCUT2D eigenvalue weighted by Gasteiger charge is -2.71. The molecule has 0 radical (unpaired) electrons. The smallest absolute Gasteiger partial charge is 0.338 e. The van der Waals surface area contributed by atoms with Crippen LogP contribution in [0.4, 0.5) is 0 Å². The molecule has 15 rings (SSSR count). The Morgan fingerprint density at radius 2 is 0.855 bits per heavy atom. The van der Waals surface area contributed by atoms with Gasteiger partial charge in [0.05, 0.1) is 57.6 Å². The summed E-state index contributed by atoms with van der Waals surface area (Å²) in [5, 5.41) is 0. The van der Waals surface area contributed by atoms with Gasteiger partial charge in [0.1, 0.15) is 25.4 Å². The fourth-order valence-corrected chi connectivity index (χ4v) is 21.5. The van der Waals surface area contributed by atoms with Crippen molar-refractivity contribution in [2.45, 2.75) is 232 Å². The van der Waals surface area contributed by atoms with Crippen molar-refractivity contribution in [3.05, 3.63) is 263 Å². The maximum Gasteiger partial charge on any atom is 0.338 e. The summed E-state index contributed by atoms with van der Waals surface area (Å²) in [4.78, 5) is 131. The van der Waals surface area contributed by atoms with Crippen molar-refractivity contribution in [1.29, 1.82) is 0 Å². The number of carbonyl (C=O) groups excluding carboxylic acids is 9. The maximum atomic E-state index is 15.1. The van der Waals surface area contributed by atoms with Gasteiger partial charge in [-0.05, 0) is 194 Å². The van der Waals surface area contributed by atoms with Gasteiger partial charge < -0.3 is 71.1 Å². The number of esters is 9. The summed E-state index contributed by atoms with van der Waals surface area (Å²) in [5.41, 5.74) is 0.767. The first-order chi connectivity index (χ1) is 59.5. The molecule has 7 aromatic rings. The molecule has 0 spiro atoms. The molecule has 0 amide bonds. The monoisotopic (exact) mass is 1690 g/mol. The fourth-order valence-electron chi connectivity index (χ4n) is 21.5. The van der Waals surface area contributed by atoms with Crippen molar-refractivity contribution in [2.75, 3.05) is 13.2 Å². The zero-order valence-corrected chi connectivity index (χ0v) is 71.7. The molecule has 7 fully saturated rings. The fraction of sp³-hybridized carbons (Fsp3) is 0.470. The standard InChI is InChI=1S/C100H110O24/c1-60-77(114-61(2)101)80(123-93-84(122-90(108)69-44-30-17-31-45-69)81(121-89(107)68-42-28-16-29-43-68)78(119-87(105)66-38-24-14-25-39-66)73(117-93)58-110-85(103)64-34-20-12-21-35-64)83(115-62(3)102)92(113-60)124-82-79(120-88(106)67-40-26-15-27-41-67)72(116-86(104)65-36-22-13-23-37-65)59-111-91(82)118-76-49-50-97(8)74(96(76,6)7)48-51-99(10)75(97)47-46-70-71-56-95(4,5)52-54-100(71,55-53-98(70,99)9)94(109)112-57-63-32-18-11-19-33-63/h11-46,60,71-84,91-93H,47-59H2,1-10H3/t60-,71-,72+,73+,74-,75+,76-,77-,78+,79-,80+,81-,82+,83+,84+,91-,92-,93-,97-,98+,99+,100-/m0/s1. The molecule has 3 heterocycles. The molecular formula is C100H110O24. The van der Waals surface area contributed by atoms with Crippen LogP contribution in [0.2, 0.25) is 0 Å². The van der Waals surface area contributed by atoms with E-state index in [4.69, 9.17) is 71.1 Å². The second-order valence-electron chi connectivity index (χ2n) is 36.4. The van der Waals surface area contributed by atoms with Crippen LogP contribution < -0.4 is 0 Å². The lowest BCUT2D eigenvalue weighted by molar-refractivity contribution is -0.381. The molecule has 5 aliphatic carbocycles. The van der Waals surface area contributed by atoms with Gasteiger partial charge in [-0.1, -0.05) is 200 Å². The van der Waals surface area contributed by atoms with Crippen LogP contribution in [0.3, 0.4) is 0 Å². The van der Waals surface area contributed by atoms with Gasteiger partial charge in [-0.25, -0.2) is 28.8 Å². The molecule has 0 N–H and O–H groups in total. The number of ether oxygens (including phenoxy) is 15. The van der Waals surface area contributed by atoms with E-state index >= 15 is 4.79 Å². The average molecular weight is 1700 g/mol. The minimum Gasteiger partial charge on any atom is -0.460 e. The molecule has 0 aromatic heterocycles. The Kier molecular flexibility index (Phi) is 26.2. The summed E-state index contributed by atoms with van der Waals surface area (Å²) in [7, 11) is 0. The van der Waals surface area contributed by atoms with Crippen LogP contribution in [-0.2, 0) is 92.0 Å². The molecule has 24 nitrogen and oxygen atoms in total. The third kappa shape index (κ3) is 18.1. The Morgan fingerprint density at radius 3 is 1.39 bits per heavy atom. The highest BCUT2D eigenvalue weighted by Gasteiger charge is 2.71. The number of hydrogen-bond acceptors (Lipinski definition) is 24. The zero-order valence-electron chi connectivity index (χ0n) is 71.7. The quantitative estimate of drug-likeness (QED) is 0.0235. The predicted octanol–water partition coefficient (Wildman–Crippen LogP) is 16.4. The minimum atomic E-state index is -2.12. The summed E-state index contributed by atoms with van der Waals surface area (Å²) >= 11 is 0. The third-order valence-electron chi connectivity index (χ3n) is 28.0. The first-order valence-corrected chi connectivity index (χ1v) is 43.1. The van der Waals surface area contributed by atoms with Crippen LogP contribution in [0.15, 0.2) is 224 Å². The molecule has 22 atom stereocenters. The summed E-state index contributed by atoms with van der Waals surface area (Å²) in [6.45, 7) is 19.3. The molecule has 0 bridgehead atoms. The molecule has 7 aromatic carbocycles. The highest BCUT2D eigenvalue weighted by Crippen LogP contribution is 2.76. The second kappa shape index (κ2) is 36.8. The number of hydrogen-bond donors (Lipinski definition) is 0. The average Bonchev–Trinajstić information content (AvgIpc) is 0.673. The molecule has 4 saturated carbocycles. The van der Waals surface area contributed by atoms with E-state index in [0.717, 1.165) is 77.2 Å². The van der Waals surface area contributed by atoms with Crippen molar-refractivity contribution in [2.24, 2.45) is 50.2 Å². The molecular weight excluding hydrogens is 1590 g/mol. The van der Waals surface area contributed by atoms with E-state index in [2.05, 4.69) is 54.5 Å². The van der Waals surface area contributed by atoms with Crippen LogP contribution in [0.1, 0.15) is 201 Å². The van der Waals surface area contributed by atoms with Crippen molar-refractivity contribution in [3.8, 4) is 0 Å².